The molecule has 0 aliphatic rings. The van der Waals surface area contributed by atoms with Crippen LogP contribution in [-0.2, 0) is 0 Å². The molecule has 0 atom stereocenters. The fourth-order valence-electron chi connectivity index (χ4n) is 4.56. The molecule has 4 nitrogen and oxygen atoms in total. The lowest BCUT2D eigenvalue weighted by Gasteiger charge is -2.58. The largest absolute Gasteiger partial charge is 0.255 e. The first-order chi connectivity index (χ1) is 12.0. The van der Waals surface area contributed by atoms with E-state index in [1.165, 1.54) is 0 Å². The summed E-state index contributed by atoms with van der Waals surface area (Å²) in [6.45, 7) is 34.8. The van der Waals surface area contributed by atoms with Crippen molar-refractivity contribution >= 4 is 7.51 Å². The monoisotopic (exact) mass is 402 g/mol. The van der Waals surface area contributed by atoms with Crippen molar-refractivity contribution in [1.29, 1.82) is 0 Å². The van der Waals surface area contributed by atoms with Gasteiger partial charge in [0.15, 0.2) is 7.51 Å². The smallest absolute Gasteiger partial charge is 0.169 e. The average Bonchev–Trinajstić information content (AvgIpc) is 2.32. The fraction of sp³-hybridized carbons (Fsp3) is 1.00. The maximum atomic E-state index is 5.76. The number of hydrogen-bond acceptors (Lipinski definition) is 1. The summed E-state index contributed by atoms with van der Waals surface area (Å²) in [4.78, 5) is 0. The lowest BCUT2D eigenvalue weighted by Crippen LogP contribution is -2.54. The lowest BCUT2D eigenvalue weighted by atomic mass is 10.1. The minimum atomic E-state index is -2.16. The van der Waals surface area contributed by atoms with Crippen LogP contribution in [0.3, 0.4) is 0 Å². The van der Waals surface area contributed by atoms with Crippen molar-refractivity contribution in [3.05, 3.63) is 0 Å². The molecule has 0 bridgehead atoms. The van der Waals surface area contributed by atoms with E-state index in [9.17, 15) is 0 Å². The molecule has 0 saturated heterocycles. The summed E-state index contributed by atoms with van der Waals surface area (Å²) < 4.78 is 14.0. The first-order valence-corrected chi connectivity index (χ1v) is 12.6. The molecule has 0 rings (SSSR count). The van der Waals surface area contributed by atoms with Gasteiger partial charge in [-0.15, -0.1) is 0 Å². The quantitative estimate of drug-likeness (QED) is 0.384. The van der Waals surface area contributed by atoms with Gasteiger partial charge in [-0.25, -0.2) is 14.0 Å². The van der Waals surface area contributed by atoms with Crippen LogP contribution in [0.25, 0.3) is 0 Å². The van der Waals surface area contributed by atoms with Gasteiger partial charge in [-0.05, 0) is 104 Å². The molecule has 27 heavy (non-hydrogen) atoms. The molecule has 0 aromatic heterocycles. The van der Waals surface area contributed by atoms with E-state index in [0.717, 1.165) is 0 Å². The van der Waals surface area contributed by atoms with Crippen molar-refractivity contribution in [1.82, 2.24) is 14.0 Å². The Morgan fingerprint density at radius 3 is 0.778 bits per heavy atom. The van der Waals surface area contributed by atoms with Crippen molar-refractivity contribution in [2.45, 2.75) is 146 Å². The molecule has 0 aromatic rings. The van der Waals surface area contributed by atoms with E-state index in [1.54, 1.807) is 0 Å². The van der Waals surface area contributed by atoms with Crippen LogP contribution in [0.2, 0.25) is 0 Å². The topological polar surface area (TPSA) is 22.1 Å². The third-order valence-corrected chi connectivity index (χ3v) is 10.0. The van der Waals surface area contributed by atoms with Crippen molar-refractivity contribution < 1.29 is 0 Å². The van der Waals surface area contributed by atoms with Crippen LogP contribution in [-0.4, -0.2) is 55.8 Å². The standard InChI is InChI=1S/C22H51N4P/c1-16(2)24(17(3)4)27(23-22(13,14)15,25(18(5)6)19(7)8)26(20(9)10)21(11)12/h16-21H,1-15H3. The Hall–Kier alpha value is 0.110. The maximum absolute atomic E-state index is 5.76. The molecule has 0 N–H and O–H groups in total. The Labute approximate surface area is 172 Å². The number of rotatable bonds is 9. The highest BCUT2D eigenvalue weighted by atomic mass is 31.2. The second-order valence-electron chi connectivity index (χ2n) is 10.5. The highest BCUT2D eigenvalue weighted by molar-refractivity contribution is 7.59. The molecule has 0 aliphatic carbocycles. The molecule has 0 fully saturated rings. The van der Waals surface area contributed by atoms with Gasteiger partial charge in [0, 0.05) is 36.3 Å². The molecule has 164 valence electrons. The molecule has 5 heteroatoms. The Morgan fingerprint density at radius 2 is 0.667 bits per heavy atom. The molecular formula is C22H51N4P. The maximum Gasteiger partial charge on any atom is 0.169 e. The molecule has 0 aliphatic heterocycles. The molecule has 0 radical (unpaired) electrons. The summed E-state index contributed by atoms with van der Waals surface area (Å²) in [6, 6.07) is 2.52. The van der Waals surface area contributed by atoms with Crippen LogP contribution in [0.15, 0.2) is 4.74 Å². The molecule has 0 saturated carbocycles. The van der Waals surface area contributed by atoms with Crippen LogP contribution >= 0.6 is 7.51 Å². The molecule has 0 unspecified atom stereocenters. The first-order valence-electron chi connectivity index (χ1n) is 11.0. The number of nitrogens with zero attached hydrogens (tertiary/aromatic N) is 4. The van der Waals surface area contributed by atoms with Gasteiger partial charge in [-0.3, -0.25) is 4.74 Å². The van der Waals surface area contributed by atoms with E-state index >= 15 is 0 Å². The average molecular weight is 403 g/mol. The Kier molecular flexibility index (Phi) is 10.3. The molecular weight excluding hydrogens is 351 g/mol. The van der Waals surface area contributed by atoms with Gasteiger partial charge in [0.05, 0.1) is 5.54 Å². The molecule has 0 aromatic carbocycles. The van der Waals surface area contributed by atoms with Gasteiger partial charge in [-0.1, -0.05) is 0 Å². The van der Waals surface area contributed by atoms with E-state index in [2.05, 4.69) is 118 Å². The predicted octanol–water partition coefficient (Wildman–Crippen LogP) is 7.09. The van der Waals surface area contributed by atoms with E-state index in [4.69, 9.17) is 4.74 Å². The highest BCUT2D eigenvalue weighted by Crippen LogP contribution is 2.65. The molecule has 0 spiro atoms. The van der Waals surface area contributed by atoms with Crippen molar-refractivity contribution in [2.75, 3.05) is 0 Å². The zero-order valence-corrected chi connectivity index (χ0v) is 22.1. The van der Waals surface area contributed by atoms with E-state index in [1.807, 2.05) is 0 Å². The van der Waals surface area contributed by atoms with Crippen molar-refractivity contribution in [3.8, 4) is 0 Å². The Bertz CT molecular complexity index is 406. The van der Waals surface area contributed by atoms with Crippen LogP contribution in [0.5, 0.6) is 0 Å². The van der Waals surface area contributed by atoms with Gasteiger partial charge in [0.1, 0.15) is 0 Å². The van der Waals surface area contributed by atoms with E-state index < -0.39 is 7.51 Å². The van der Waals surface area contributed by atoms with Crippen molar-refractivity contribution in [2.24, 2.45) is 4.74 Å². The lowest BCUT2D eigenvalue weighted by molar-refractivity contribution is 0.185. The highest BCUT2D eigenvalue weighted by Gasteiger charge is 2.47. The van der Waals surface area contributed by atoms with Gasteiger partial charge in [0.2, 0.25) is 0 Å². The van der Waals surface area contributed by atoms with E-state index in [-0.39, 0.29) is 5.54 Å². The van der Waals surface area contributed by atoms with Crippen LogP contribution < -0.4 is 0 Å². The van der Waals surface area contributed by atoms with Crippen molar-refractivity contribution in [3.63, 3.8) is 0 Å². The normalized spacial score (nSPS) is 14.5. The van der Waals surface area contributed by atoms with Gasteiger partial charge in [-0.2, -0.15) is 0 Å². The summed E-state index contributed by atoms with van der Waals surface area (Å²) >= 11 is 0. The molecule has 0 amide bonds. The number of hydrogen-bond donors (Lipinski definition) is 0. The summed E-state index contributed by atoms with van der Waals surface area (Å²) in [5, 5.41) is 0. The Balaban J connectivity index is 7.50. The minimum absolute atomic E-state index is 0.111. The summed E-state index contributed by atoms with van der Waals surface area (Å²) in [5.74, 6) is 0. The van der Waals surface area contributed by atoms with Crippen LogP contribution in [0, 0.1) is 0 Å². The predicted molar refractivity (Wildman–Crippen MR) is 125 cm³/mol. The second-order valence-corrected chi connectivity index (χ2v) is 13.2. The molecule has 0 heterocycles. The van der Waals surface area contributed by atoms with Gasteiger partial charge >= 0.3 is 0 Å². The zero-order chi connectivity index (χ0) is 21.9. The van der Waals surface area contributed by atoms with Gasteiger partial charge < -0.3 is 0 Å². The second kappa shape index (κ2) is 10.2. The third-order valence-electron chi connectivity index (χ3n) is 4.54. The SMILES string of the molecule is CC(C)N(C(C)C)P(=NC(C)(C)C)(N(C(C)C)C(C)C)N(C(C)C)C(C)C. The zero-order valence-electron chi connectivity index (χ0n) is 21.2. The summed E-state index contributed by atoms with van der Waals surface area (Å²) in [6.07, 6.45) is 0. The van der Waals surface area contributed by atoms with Crippen LogP contribution in [0.1, 0.15) is 104 Å². The van der Waals surface area contributed by atoms with Crippen LogP contribution in [0.4, 0.5) is 0 Å². The van der Waals surface area contributed by atoms with E-state index in [0.29, 0.717) is 36.3 Å². The first kappa shape index (κ1) is 27.1. The Morgan fingerprint density at radius 1 is 0.481 bits per heavy atom. The third kappa shape index (κ3) is 6.56. The summed E-state index contributed by atoms with van der Waals surface area (Å²) in [7, 11) is -2.16. The van der Waals surface area contributed by atoms with Gasteiger partial charge in [0.25, 0.3) is 0 Å². The summed E-state index contributed by atoms with van der Waals surface area (Å²) in [5.41, 5.74) is -0.111. The fourth-order valence-corrected chi connectivity index (χ4v) is 10.1. The minimum Gasteiger partial charge on any atom is -0.255 e.